The third-order valence-electron chi connectivity index (χ3n) is 5.51. The fraction of sp³-hybridized carbons (Fsp3) is 0.0769. The average Bonchev–Trinajstić information content (AvgIpc) is 2.81. The second-order valence-electron chi connectivity index (χ2n) is 7.54. The molecule has 4 nitrogen and oxygen atoms in total. The first-order valence-electron chi connectivity index (χ1n) is 10.1. The summed E-state index contributed by atoms with van der Waals surface area (Å²) in [6, 6.07) is 27.4. The van der Waals surface area contributed by atoms with Gasteiger partial charge in [0.05, 0.1) is 17.4 Å². The maximum atomic E-state index is 13.6. The van der Waals surface area contributed by atoms with E-state index in [1.54, 1.807) is 22.8 Å². The molecular formula is C26H20ClN3O. The maximum absolute atomic E-state index is 13.6. The summed E-state index contributed by atoms with van der Waals surface area (Å²) in [5.74, 6) is 0.634. The third-order valence-corrected chi connectivity index (χ3v) is 5.75. The van der Waals surface area contributed by atoms with E-state index in [1.807, 2.05) is 48.5 Å². The molecule has 4 aromatic carbocycles. The van der Waals surface area contributed by atoms with Gasteiger partial charge in [0.25, 0.3) is 5.56 Å². The summed E-state index contributed by atoms with van der Waals surface area (Å²) in [4.78, 5) is 18.5. The van der Waals surface area contributed by atoms with Gasteiger partial charge in [-0.15, -0.1) is 0 Å². The molecule has 2 N–H and O–H groups in total. The summed E-state index contributed by atoms with van der Waals surface area (Å²) >= 11 is 6.19. The zero-order valence-corrected chi connectivity index (χ0v) is 17.5. The average molecular weight is 426 g/mol. The quantitative estimate of drug-likeness (QED) is 0.420. The number of halogens is 1. The van der Waals surface area contributed by atoms with Crippen LogP contribution in [0.25, 0.3) is 33.1 Å². The first-order chi connectivity index (χ1) is 15.1. The highest BCUT2D eigenvalue weighted by Gasteiger charge is 2.16. The summed E-state index contributed by atoms with van der Waals surface area (Å²) < 4.78 is 1.73. The molecule has 0 fully saturated rings. The number of nitrogens with zero attached hydrogens (tertiary/aromatic N) is 2. The number of hydrogen-bond acceptors (Lipinski definition) is 3. The van der Waals surface area contributed by atoms with Gasteiger partial charge in [-0.3, -0.25) is 9.36 Å². The van der Waals surface area contributed by atoms with Gasteiger partial charge >= 0.3 is 0 Å². The smallest absolute Gasteiger partial charge is 0.262 e. The molecule has 152 valence electrons. The molecule has 0 aliphatic carbocycles. The Bertz CT molecular complexity index is 1480. The van der Waals surface area contributed by atoms with Gasteiger partial charge in [0, 0.05) is 17.1 Å². The van der Waals surface area contributed by atoms with Gasteiger partial charge in [0.1, 0.15) is 5.82 Å². The molecule has 31 heavy (non-hydrogen) atoms. The van der Waals surface area contributed by atoms with Crippen molar-refractivity contribution in [3.63, 3.8) is 0 Å². The monoisotopic (exact) mass is 425 g/mol. The molecule has 0 spiro atoms. The van der Waals surface area contributed by atoms with Crippen molar-refractivity contribution in [2.45, 2.75) is 13.1 Å². The Morgan fingerprint density at radius 1 is 0.839 bits per heavy atom. The summed E-state index contributed by atoms with van der Waals surface area (Å²) in [5, 5.41) is 3.17. The van der Waals surface area contributed by atoms with Crippen molar-refractivity contribution in [2.75, 3.05) is 0 Å². The molecule has 0 bridgehead atoms. The van der Waals surface area contributed by atoms with E-state index in [4.69, 9.17) is 22.3 Å². The highest BCUT2D eigenvalue weighted by molar-refractivity contribution is 6.31. The Balaban J connectivity index is 1.81. The van der Waals surface area contributed by atoms with E-state index < -0.39 is 0 Å². The van der Waals surface area contributed by atoms with Crippen LogP contribution in [-0.4, -0.2) is 9.55 Å². The zero-order chi connectivity index (χ0) is 21.4. The second kappa shape index (κ2) is 7.99. The van der Waals surface area contributed by atoms with E-state index in [2.05, 4.69) is 18.2 Å². The molecule has 0 unspecified atom stereocenters. The molecule has 0 aliphatic rings. The van der Waals surface area contributed by atoms with Crippen LogP contribution in [-0.2, 0) is 13.1 Å². The second-order valence-corrected chi connectivity index (χ2v) is 7.98. The minimum Gasteiger partial charge on any atom is -0.326 e. The van der Waals surface area contributed by atoms with Crippen LogP contribution in [0.1, 0.15) is 11.1 Å². The van der Waals surface area contributed by atoms with Gasteiger partial charge < -0.3 is 5.73 Å². The normalized spacial score (nSPS) is 11.3. The van der Waals surface area contributed by atoms with Gasteiger partial charge in [-0.25, -0.2) is 4.98 Å². The van der Waals surface area contributed by atoms with E-state index >= 15 is 0 Å². The maximum Gasteiger partial charge on any atom is 0.262 e. The molecule has 5 heteroatoms. The van der Waals surface area contributed by atoms with Crippen LogP contribution < -0.4 is 11.3 Å². The van der Waals surface area contributed by atoms with E-state index in [0.717, 1.165) is 27.5 Å². The van der Waals surface area contributed by atoms with Crippen LogP contribution in [0, 0.1) is 0 Å². The number of rotatable bonds is 4. The van der Waals surface area contributed by atoms with E-state index in [0.29, 0.717) is 34.8 Å². The minimum atomic E-state index is -0.117. The van der Waals surface area contributed by atoms with Crippen molar-refractivity contribution in [2.24, 2.45) is 5.73 Å². The molecule has 0 amide bonds. The third kappa shape index (κ3) is 3.61. The predicted octanol–water partition coefficient (Wildman–Crippen LogP) is 5.38. The predicted molar refractivity (Wildman–Crippen MR) is 127 cm³/mol. The van der Waals surface area contributed by atoms with Crippen molar-refractivity contribution in [3.05, 3.63) is 111 Å². The summed E-state index contributed by atoms with van der Waals surface area (Å²) in [6.45, 7) is 0.838. The zero-order valence-electron chi connectivity index (χ0n) is 16.8. The lowest BCUT2D eigenvalue weighted by Gasteiger charge is -2.16. The molecule has 5 aromatic rings. The van der Waals surface area contributed by atoms with Crippen molar-refractivity contribution in [1.29, 1.82) is 0 Å². The topological polar surface area (TPSA) is 60.9 Å². The first kappa shape index (κ1) is 19.5. The Morgan fingerprint density at radius 3 is 2.48 bits per heavy atom. The number of aromatic nitrogens is 2. The fourth-order valence-corrected chi connectivity index (χ4v) is 4.18. The molecule has 0 radical (unpaired) electrons. The van der Waals surface area contributed by atoms with Gasteiger partial charge in [-0.1, -0.05) is 78.3 Å². The molecule has 1 aromatic heterocycles. The van der Waals surface area contributed by atoms with Crippen molar-refractivity contribution >= 4 is 33.3 Å². The van der Waals surface area contributed by atoms with Gasteiger partial charge in [0.15, 0.2) is 0 Å². The van der Waals surface area contributed by atoms with Gasteiger partial charge in [-0.2, -0.15) is 0 Å². The molecule has 5 rings (SSSR count). The SMILES string of the molecule is NCc1cccc(Cn2c(-c3cccc4ccccc34)nc3ccc(Cl)cc3c2=O)c1. The van der Waals surface area contributed by atoms with Crippen LogP contribution in [0.2, 0.25) is 5.02 Å². The fourth-order valence-electron chi connectivity index (χ4n) is 4.00. The highest BCUT2D eigenvalue weighted by Crippen LogP contribution is 2.28. The number of benzene rings is 4. The molecule has 0 saturated heterocycles. The Kier molecular flexibility index (Phi) is 5.02. The van der Waals surface area contributed by atoms with E-state index in [-0.39, 0.29) is 5.56 Å². The summed E-state index contributed by atoms with van der Waals surface area (Å²) in [6.07, 6.45) is 0. The lowest BCUT2D eigenvalue weighted by atomic mass is 10.0. The Hall–Kier alpha value is -3.47. The summed E-state index contributed by atoms with van der Waals surface area (Å²) in [7, 11) is 0. The van der Waals surface area contributed by atoms with Crippen molar-refractivity contribution < 1.29 is 0 Å². The van der Waals surface area contributed by atoms with E-state index in [1.165, 1.54) is 0 Å². The van der Waals surface area contributed by atoms with Crippen LogP contribution in [0.5, 0.6) is 0 Å². The number of hydrogen-bond donors (Lipinski definition) is 1. The lowest BCUT2D eigenvalue weighted by Crippen LogP contribution is -2.24. The Labute approximate surface area is 184 Å². The van der Waals surface area contributed by atoms with Gasteiger partial charge in [0.2, 0.25) is 0 Å². The van der Waals surface area contributed by atoms with Crippen molar-refractivity contribution in [1.82, 2.24) is 9.55 Å². The standard InChI is InChI=1S/C26H20ClN3O/c27-20-11-12-24-23(14-20)26(31)30(16-18-6-3-5-17(13-18)15-28)25(29-24)22-10-4-8-19-7-1-2-9-21(19)22/h1-14H,15-16,28H2. The molecule has 0 atom stereocenters. The largest absolute Gasteiger partial charge is 0.326 e. The van der Waals surface area contributed by atoms with Crippen LogP contribution in [0.15, 0.2) is 89.7 Å². The molecule has 0 saturated carbocycles. The van der Waals surface area contributed by atoms with Crippen LogP contribution >= 0.6 is 11.6 Å². The molecule has 1 heterocycles. The van der Waals surface area contributed by atoms with Crippen LogP contribution in [0.3, 0.4) is 0 Å². The van der Waals surface area contributed by atoms with Crippen molar-refractivity contribution in [3.8, 4) is 11.4 Å². The Morgan fingerprint density at radius 2 is 1.61 bits per heavy atom. The lowest BCUT2D eigenvalue weighted by molar-refractivity contribution is 0.758. The summed E-state index contributed by atoms with van der Waals surface area (Å²) in [5.41, 5.74) is 9.27. The molecular weight excluding hydrogens is 406 g/mol. The molecule has 0 aliphatic heterocycles. The number of fused-ring (bicyclic) bond motifs is 2. The van der Waals surface area contributed by atoms with Gasteiger partial charge in [-0.05, 0) is 40.1 Å². The number of nitrogens with two attached hydrogens (primary N) is 1. The van der Waals surface area contributed by atoms with Crippen LogP contribution in [0.4, 0.5) is 0 Å². The minimum absolute atomic E-state index is 0.117. The first-order valence-corrected chi connectivity index (χ1v) is 10.5. The van der Waals surface area contributed by atoms with E-state index in [9.17, 15) is 4.79 Å². The highest BCUT2D eigenvalue weighted by atomic mass is 35.5.